The van der Waals surface area contributed by atoms with Crippen LogP contribution in [0.25, 0.3) is 0 Å². The highest BCUT2D eigenvalue weighted by atomic mass is 16.4. The molecule has 0 saturated heterocycles. The molecular weight excluding hydrogens is 246 g/mol. The average Bonchev–Trinajstić information content (AvgIpc) is 2.91. The molecule has 2 aromatic rings. The number of rotatable bonds is 6. The van der Waals surface area contributed by atoms with E-state index in [1.807, 2.05) is 24.0 Å². The van der Waals surface area contributed by atoms with Crippen molar-refractivity contribution >= 4 is 5.97 Å². The van der Waals surface area contributed by atoms with Crippen LogP contribution in [0.2, 0.25) is 0 Å². The first-order chi connectivity index (χ1) is 9.06. The first kappa shape index (κ1) is 13.4. The maximum absolute atomic E-state index is 10.8. The van der Waals surface area contributed by atoms with E-state index in [1.165, 1.54) is 0 Å². The molecule has 6 heteroatoms. The van der Waals surface area contributed by atoms with Crippen LogP contribution in [0.4, 0.5) is 0 Å². The van der Waals surface area contributed by atoms with Crippen LogP contribution in [-0.2, 0) is 13.1 Å². The van der Waals surface area contributed by atoms with Gasteiger partial charge in [0.1, 0.15) is 5.76 Å². The second kappa shape index (κ2) is 5.71. The number of aromatic nitrogens is 2. The van der Waals surface area contributed by atoms with Gasteiger partial charge in [0.25, 0.3) is 0 Å². The largest absolute Gasteiger partial charge is 0.475 e. The lowest BCUT2D eigenvalue weighted by molar-refractivity contribution is 0.0659. The quantitative estimate of drug-likeness (QED) is 0.773. The Morgan fingerprint density at radius 1 is 1.53 bits per heavy atom. The Morgan fingerprint density at radius 3 is 2.89 bits per heavy atom. The molecule has 2 N–H and O–H groups in total. The topological polar surface area (TPSA) is 80.3 Å². The van der Waals surface area contributed by atoms with Crippen LogP contribution in [-0.4, -0.2) is 27.4 Å². The van der Waals surface area contributed by atoms with Crippen molar-refractivity contribution in [2.45, 2.75) is 26.9 Å². The third kappa shape index (κ3) is 3.45. The summed E-state index contributed by atoms with van der Waals surface area (Å²) in [4.78, 5) is 10.8. The van der Waals surface area contributed by atoms with E-state index in [1.54, 1.807) is 13.0 Å². The summed E-state index contributed by atoms with van der Waals surface area (Å²) >= 11 is 0. The van der Waals surface area contributed by atoms with Gasteiger partial charge in [-0.25, -0.2) is 4.79 Å². The minimum Gasteiger partial charge on any atom is -0.475 e. The van der Waals surface area contributed by atoms with Crippen LogP contribution in [0.3, 0.4) is 0 Å². The first-order valence-corrected chi connectivity index (χ1v) is 6.08. The molecule has 6 nitrogen and oxygen atoms in total. The number of hydrogen-bond acceptors (Lipinski definition) is 4. The Balaban J connectivity index is 1.79. The Hall–Kier alpha value is -2.08. The number of aryl methyl sites for hydroxylation is 2. The van der Waals surface area contributed by atoms with E-state index in [-0.39, 0.29) is 5.76 Å². The lowest BCUT2D eigenvalue weighted by Crippen LogP contribution is -2.19. The molecule has 0 aliphatic carbocycles. The monoisotopic (exact) mass is 263 g/mol. The molecule has 19 heavy (non-hydrogen) atoms. The number of carboxylic acids is 1. The average molecular weight is 263 g/mol. The van der Waals surface area contributed by atoms with Crippen molar-refractivity contribution in [1.82, 2.24) is 15.1 Å². The molecule has 0 aliphatic rings. The van der Waals surface area contributed by atoms with Gasteiger partial charge in [-0.2, -0.15) is 5.10 Å². The highest BCUT2D eigenvalue weighted by Crippen LogP contribution is 2.14. The number of nitrogens with zero attached hydrogens (tertiary/aromatic N) is 2. The molecule has 0 spiro atoms. The molecule has 0 aromatic carbocycles. The van der Waals surface area contributed by atoms with Gasteiger partial charge in [-0.3, -0.25) is 4.68 Å². The lowest BCUT2D eigenvalue weighted by atomic mass is 10.2. The fraction of sp³-hybridized carbons (Fsp3) is 0.385. The second-order valence-electron chi connectivity index (χ2n) is 4.49. The molecule has 2 heterocycles. The number of nitrogens with one attached hydrogen (secondary N) is 1. The molecule has 0 radical (unpaired) electrons. The van der Waals surface area contributed by atoms with Crippen molar-refractivity contribution in [3.05, 3.63) is 41.1 Å². The van der Waals surface area contributed by atoms with Crippen molar-refractivity contribution in [2.75, 3.05) is 6.54 Å². The van der Waals surface area contributed by atoms with Crippen LogP contribution in [0.1, 0.15) is 27.4 Å². The van der Waals surface area contributed by atoms with Crippen LogP contribution in [0, 0.1) is 13.8 Å². The van der Waals surface area contributed by atoms with Crippen LogP contribution >= 0.6 is 0 Å². The fourth-order valence-corrected chi connectivity index (χ4v) is 1.84. The van der Waals surface area contributed by atoms with Gasteiger partial charge in [0.2, 0.25) is 5.76 Å². The zero-order valence-corrected chi connectivity index (χ0v) is 11.0. The summed E-state index contributed by atoms with van der Waals surface area (Å²) in [6.45, 7) is 5.73. The predicted octanol–water partition coefficient (Wildman–Crippen LogP) is 1.58. The highest BCUT2D eigenvalue weighted by Gasteiger charge is 2.13. The molecule has 0 fully saturated rings. The number of aromatic carboxylic acids is 1. The SMILES string of the molecule is Cc1cnn(CCNCc2cc(C)c(C(=O)O)o2)c1. The van der Waals surface area contributed by atoms with Gasteiger partial charge in [-0.05, 0) is 25.5 Å². The number of carbonyl (C=O) groups is 1. The molecule has 0 saturated carbocycles. The summed E-state index contributed by atoms with van der Waals surface area (Å²) in [7, 11) is 0. The van der Waals surface area contributed by atoms with E-state index in [4.69, 9.17) is 9.52 Å². The zero-order chi connectivity index (χ0) is 13.8. The van der Waals surface area contributed by atoms with Crippen LogP contribution in [0.5, 0.6) is 0 Å². The summed E-state index contributed by atoms with van der Waals surface area (Å²) < 4.78 is 7.11. The summed E-state index contributed by atoms with van der Waals surface area (Å²) in [5.74, 6) is -0.387. The van der Waals surface area contributed by atoms with E-state index in [0.717, 1.165) is 18.7 Å². The van der Waals surface area contributed by atoms with E-state index >= 15 is 0 Å². The molecule has 0 bridgehead atoms. The predicted molar refractivity (Wildman–Crippen MR) is 69.1 cm³/mol. The molecule has 102 valence electrons. The Morgan fingerprint density at radius 2 is 2.32 bits per heavy atom. The summed E-state index contributed by atoms with van der Waals surface area (Å²) in [6.07, 6.45) is 3.79. The minimum absolute atomic E-state index is 0.0134. The third-order valence-corrected chi connectivity index (χ3v) is 2.74. The maximum Gasteiger partial charge on any atom is 0.372 e. The third-order valence-electron chi connectivity index (χ3n) is 2.74. The van der Waals surface area contributed by atoms with Gasteiger partial charge >= 0.3 is 5.97 Å². The number of carboxylic acid groups (broad SMARTS) is 1. The van der Waals surface area contributed by atoms with Gasteiger partial charge in [0.15, 0.2) is 0 Å². The Kier molecular flexibility index (Phi) is 4.01. The van der Waals surface area contributed by atoms with E-state index in [0.29, 0.717) is 17.9 Å². The Labute approximate surface area is 111 Å². The normalized spacial score (nSPS) is 10.8. The Bertz CT molecular complexity index is 571. The minimum atomic E-state index is -1.03. The maximum atomic E-state index is 10.8. The smallest absolute Gasteiger partial charge is 0.372 e. The van der Waals surface area contributed by atoms with Crippen LogP contribution < -0.4 is 5.32 Å². The lowest BCUT2D eigenvalue weighted by Gasteiger charge is -2.02. The summed E-state index contributed by atoms with van der Waals surface area (Å²) in [6, 6.07) is 1.74. The molecule has 0 unspecified atom stereocenters. The zero-order valence-electron chi connectivity index (χ0n) is 11.0. The van der Waals surface area contributed by atoms with E-state index in [9.17, 15) is 4.79 Å². The van der Waals surface area contributed by atoms with Gasteiger partial charge in [0.05, 0.1) is 19.3 Å². The molecule has 2 aromatic heterocycles. The van der Waals surface area contributed by atoms with Gasteiger partial charge < -0.3 is 14.8 Å². The molecule has 0 aliphatic heterocycles. The number of furan rings is 1. The molecule has 0 atom stereocenters. The molecule has 0 amide bonds. The van der Waals surface area contributed by atoms with Crippen molar-refractivity contribution in [2.24, 2.45) is 0 Å². The van der Waals surface area contributed by atoms with Crippen molar-refractivity contribution in [3.8, 4) is 0 Å². The summed E-state index contributed by atoms with van der Waals surface area (Å²) in [5, 5.41) is 16.2. The van der Waals surface area contributed by atoms with E-state index in [2.05, 4.69) is 10.4 Å². The summed E-state index contributed by atoms with van der Waals surface area (Å²) in [5.41, 5.74) is 1.78. The van der Waals surface area contributed by atoms with Gasteiger partial charge in [0, 0.05) is 18.3 Å². The molecular formula is C13H17N3O3. The second-order valence-corrected chi connectivity index (χ2v) is 4.49. The van der Waals surface area contributed by atoms with Crippen LogP contribution in [0.15, 0.2) is 22.9 Å². The highest BCUT2D eigenvalue weighted by molar-refractivity contribution is 5.86. The van der Waals surface area contributed by atoms with Crippen molar-refractivity contribution in [1.29, 1.82) is 0 Å². The van der Waals surface area contributed by atoms with Crippen molar-refractivity contribution in [3.63, 3.8) is 0 Å². The fourth-order valence-electron chi connectivity index (χ4n) is 1.84. The van der Waals surface area contributed by atoms with Gasteiger partial charge in [-0.15, -0.1) is 0 Å². The molecule has 2 rings (SSSR count). The first-order valence-electron chi connectivity index (χ1n) is 6.08. The van der Waals surface area contributed by atoms with Crippen molar-refractivity contribution < 1.29 is 14.3 Å². The van der Waals surface area contributed by atoms with Gasteiger partial charge in [-0.1, -0.05) is 0 Å². The number of hydrogen-bond donors (Lipinski definition) is 2. The standard InChI is InChI=1S/C13H17N3O3/c1-9-6-15-16(8-9)4-3-14-7-11-5-10(2)12(19-11)13(17)18/h5-6,8,14H,3-4,7H2,1-2H3,(H,17,18). The van der Waals surface area contributed by atoms with E-state index < -0.39 is 5.97 Å².